The summed E-state index contributed by atoms with van der Waals surface area (Å²) in [6.45, 7) is 8.37. The number of hydrogen-bond donors (Lipinski definition) is 2. The molecule has 0 saturated carbocycles. The van der Waals surface area contributed by atoms with Crippen LogP contribution in [0.3, 0.4) is 0 Å². The standard InChI is InChI=1S/C13H19N3O/c1-9-5-10(2)16-12(11(9)6-14)15-7-13(3,4)8-17/h5,17H,7-8H2,1-4H3,(H,15,16). The lowest BCUT2D eigenvalue weighted by Crippen LogP contribution is -2.27. The van der Waals surface area contributed by atoms with E-state index in [-0.39, 0.29) is 12.0 Å². The smallest absolute Gasteiger partial charge is 0.144 e. The van der Waals surface area contributed by atoms with Crippen molar-refractivity contribution < 1.29 is 5.11 Å². The Hall–Kier alpha value is -1.60. The average molecular weight is 233 g/mol. The van der Waals surface area contributed by atoms with Crippen LogP contribution >= 0.6 is 0 Å². The molecule has 17 heavy (non-hydrogen) atoms. The van der Waals surface area contributed by atoms with Crippen molar-refractivity contribution in [1.82, 2.24) is 4.98 Å². The monoisotopic (exact) mass is 233 g/mol. The lowest BCUT2D eigenvalue weighted by Gasteiger charge is -2.22. The van der Waals surface area contributed by atoms with Gasteiger partial charge >= 0.3 is 0 Å². The first-order chi connectivity index (χ1) is 7.89. The van der Waals surface area contributed by atoms with Gasteiger partial charge in [0.1, 0.15) is 11.9 Å². The van der Waals surface area contributed by atoms with Gasteiger partial charge in [-0.1, -0.05) is 13.8 Å². The van der Waals surface area contributed by atoms with Crippen LogP contribution in [0.25, 0.3) is 0 Å². The van der Waals surface area contributed by atoms with Crippen molar-refractivity contribution in [3.05, 3.63) is 22.9 Å². The number of rotatable bonds is 4. The van der Waals surface area contributed by atoms with Crippen molar-refractivity contribution in [2.24, 2.45) is 5.41 Å². The van der Waals surface area contributed by atoms with Crippen LogP contribution in [0.1, 0.15) is 30.7 Å². The van der Waals surface area contributed by atoms with Gasteiger partial charge in [-0.2, -0.15) is 5.26 Å². The maximum absolute atomic E-state index is 9.18. The van der Waals surface area contributed by atoms with E-state index in [9.17, 15) is 5.11 Å². The molecule has 0 radical (unpaired) electrons. The van der Waals surface area contributed by atoms with Gasteiger partial charge in [-0.15, -0.1) is 0 Å². The number of pyridine rings is 1. The molecule has 0 saturated heterocycles. The highest BCUT2D eigenvalue weighted by Crippen LogP contribution is 2.20. The summed E-state index contributed by atoms with van der Waals surface area (Å²) in [4.78, 5) is 4.33. The van der Waals surface area contributed by atoms with E-state index >= 15 is 0 Å². The Kier molecular flexibility index (Phi) is 4.08. The third-order valence-corrected chi connectivity index (χ3v) is 2.62. The van der Waals surface area contributed by atoms with E-state index in [2.05, 4.69) is 16.4 Å². The summed E-state index contributed by atoms with van der Waals surface area (Å²) < 4.78 is 0. The molecule has 92 valence electrons. The first-order valence-corrected chi connectivity index (χ1v) is 5.63. The summed E-state index contributed by atoms with van der Waals surface area (Å²) in [5.74, 6) is 0.603. The minimum absolute atomic E-state index is 0.0900. The van der Waals surface area contributed by atoms with Gasteiger partial charge in [-0.05, 0) is 25.5 Å². The molecule has 0 unspecified atom stereocenters. The van der Waals surface area contributed by atoms with E-state index in [0.29, 0.717) is 17.9 Å². The Bertz CT molecular complexity index is 447. The SMILES string of the molecule is Cc1cc(C)c(C#N)c(NCC(C)(C)CO)n1. The molecule has 4 nitrogen and oxygen atoms in total. The highest BCUT2D eigenvalue weighted by molar-refractivity contribution is 5.56. The maximum atomic E-state index is 9.18. The van der Waals surface area contributed by atoms with E-state index < -0.39 is 0 Å². The van der Waals surface area contributed by atoms with Crippen molar-refractivity contribution in [3.63, 3.8) is 0 Å². The van der Waals surface area contributed by atoms with Crippen molar-refractivity contribution in [1.29, 1.82) is 5.26 Å². The van der Waals surface area contributed by atoms with Crippen molar-refractivity contribution >= 4 is 5.82 Å². The molecule has 0 aromatic carbocycles. The molecule has 4 heteroatoms. The quantitative estimate of drug-likeness (QED) is 0.834. The van der Waals surface area contributed by atoms with Crippen LogP contribution in [-0.2, 0) is 0 Å². The van der Waals surface area contributed by atoms with Crippen molar-refractivity contribution in [3.8, 4) is 6.07 Å². The molecule has 0 atom stereocenters. The molecule has 0 aliphatic carbocycles. The van der Waals surface area contributed by atoms with Crippen LogP contribution in [0.15, 0.2) is 6.07 Å². The lowest BCUT2D eigenvalue weighted by atomic mass is 9.95. The summed E-state index contributed by atoms with van der Waals surface area (Å²) >= 11 is 0. The van der Waals surface area contributed by atoms with Gasteiger partial charge in [0.2, 0.25) is 0 Å². The van der Waals surface area contributed by atoms with Crippen LogP contribution in [0.2, 0.25) is 0 Å². The van der Waals surface area contributed by atoms with Gasteiger partial charge in [-0.3, -0.25) is 0 Å². The number of hydrogen-bond acceptors (Lipinski definition) is 4. The predicted molar refractivity (Wildman–Crippen MR) is 67.8 cm³/mol. The minimum atomic E-state index is -0.230. The van der Waals surface area contributed by atoms with Crippen LogP contribution in [0.5, 0.6) is 0 Å². The van der Waals surface area contributed by atoms with Crippen molar-refractivity contribution in [2.45, 2.75) is 27.7 Å². The number of nitrogens with one attached hydrogen (secondary N) is 1. The average Bonchev–Trinajstić information content (AvgIpc) is 2.26. The van der Waals surface area contributed by atoms with Crippen LogP contribution < -0.4 is 5.32 Å². The minimum Gasteiger partial charge on any atom is -0.396 e. The molecule has 0 aliphatic heterocycles. The van der Waals surface area contributed by atoms with E-state index in [0.717, 1.165) is 11.3 Å². The molecule has 0 bridgehead atoms. The van der Waals surface area contributed by atoms with Crippen molar-refractivity contribution in [2.75, 3.05) is 18.5 Å². The lowest BCUT2D eigenvalue weighted by molar-refractivity contribution is 0.170. The molecule has 0 amide bonds. The second-order valence-corrected chi connectivity index (χ2v) is 5.09. The molecular weight excluding hydrogens is 214 g/mol. The van der Waals surface area contributed by atoms with Crippen LogP contribution in [-0.4, -0.2) is 23.2 Å². The fraction of sp³-hybridized carbons (Fsp3) is 0.538. The molecule has 1 rings (SSSR count). The molecule has 0 spiro atoms. The number of aliphatic hydroxyl groups is 1. The topological polar surface area (TPSA) is 68.9 Å². The summed E-state index contributed by atoms with van der Waals surface area (Å²) in [7, 11) is 0. The second-order valence-electron chi connectivity index (χ2n) is 5.09. The Morgan fingerprint density at radius 3 is 2.65 bits per heavy atom. The first-order valence-electron chi connectivity index (χ1n) is 5.63. The van der Waals surface area contributed by atoms with Gasteiger partial charge in [0.25, 0.3) is 0 Å². The summed E-state index contributed by atoms with van der Waals surface area (Å²) in [5.41, 5.74) is 2.14. The van der Waals surface area contributed by atoms with E-state index in [1.807, 2.05) is 33.8 Å². The van der Waals surface area contributed by atoms with Crippen LogP contribution in [0.4, 0.5) is 5.82 Å². The number of nitriles is 1. The number of aryl methyl sites for hydroxylation is 2. The second kappa shape index (κ2) is 5.15. The molecular formula is C13H19N3O. The van der Waals surface area contributed by atoms with E-state index in [1.54, 1.807) is 0 Å². The largest absolute Gasteiger partial charge is 0.396 e. The normalized spacial score (nSPS) is 11.1. The Balaban J connectivity index is 2.95. The Morgan fingerprint density at radius 1 is 1.47 bits per heavy atom. The number of aromatic nitrogens is 1. The molecule has 0 aliphatic rings. The van der Waals surface area contributed by atoms with Gasteiger partial charge in [-0.25, -0.2) is 4.98 Å². The number of nitrogens with zero attached hydrogens (tertiary/aromatic N) is 2. The molecule has 0 fully saturated rings. The Morgan fingerprint density at radius 2 is 2.12 bits per heavy atom. The van der Waals surface area contributed by atoms with Crippen LogP contribution in [0, 0.1) is 30.6 Å². The number of aliphatic hydroxyl groups excluding tert-OH is 1. The van der Waals surface area contributed by atoms with E-state index in [4.69, 9.17) is 5.26 Å². The molecule has 1 heterocycles. The maximum Gasteiger partial charge on any atom is 0.144 e. The zero-order chi connectivity index (χ0) is 13.1. The fourth-order valence-corrected chi connectivity index (χ4v) is 1.48. The highest BCUT2D eigenvalue weighted by atomic mass is 16.3. The molecule has 2 N–H and O–H groups in total. The molecule has 1 aromatic rings. The Labute approximate surface area is 102 Å². The van der Waals surface area contributed by atoms with Gasteiger partial charge in [0.15, 0.2) is 0 Å². The highest BCUT2D eigenvalue weighted by Gasteiger charge is 2.17. The van der Waals surface area contributed by atoms with Gasteiger partial charge < -0.3 is 10.4 Å². The third kappa shape index (κ3) is 3.43. The third-order valence-electron chi connectivity index (χ3n) is 2.62. The van der Waals surface area contributed by atoms with E-state index in [1.165, 1.54) is 0 Å². The zero-order valence-corrected chi connectivity index (χ0v) is 10.8. The summed E-state index contributed by atoms with van der Waals surface area (Å²) in [6, 6.07) is 4.05. The zero-order valence-electron chi connectivity index (χ0n) is 10.8. The van der Waals surface area contributed by atoms with Gasteiger partial charge in [0, 0.05) is 24.3 Å². The number of anilines is 1. The van der Waals surface area contributed by atoms with Gasteiger partial charge in [0.05, 0.1) is 5.56 Å². The molecule has 1 aromatic heterocycles. The first kappa shape index (κ1) is 13.5. The summed E-state index contributed by atoms with van der Waals surface area (Å²) in [5, 5.41) is 21.4. The fourth-order valence-electron chi connectivity index (χ4n) is 1.48. The summed E-state index contributed by atoms with van der Waals surface area (Å²) in [6.07, 6.45) is 0. The predicted octanol–water partition coefficient (Wildman–Crippen LogP) is 2.00.